The highest BCUT2D eigenvalue weighted by Crippen LogP contribution is 2.41. The average molecular weight is 495 g/mol. The van der Waals surface area contributed by atoms with Crippen molar-refractivity contribution >= 4 is 23.8 Å². The lowest BCUT2D eigenvalue weighted by Crippen LogP contribution is -2.53. The first-order valence-corrected chi connectivity index (χ1v) is 11.9. The standard InChI is InChI=1S/C26H27FN4O5/c1-36-23(33)22(18-6-8-19(27)9-7-18)30-14-12-29(13-15-30)21(32)16-31-24(34)26(28-25(31)35)11-10-17-4-2-3-5-20(17)26/h2-9,22H,10-16H2,1H3,(H,28,35)/t22-,26-/m0/s1. The van der Waals surface area contributed by atoms with Crippen LogP contribution in [0.4, 0.5) is 9.18 Å². The first kappa shape index (κ1) is 23.9. The van der Waals surface area contributed by atoms with Crippen LogP contribution in [0.3, 0.4) is 0 Å². The van der Waals surface area contributed by atoms with E-state index in [-0.39, 0.29) is 12.5 Å². The summed E-state index contributed by atoms with van der Waals surface area (Å²) in [6, 6.07) is 11.9. The molecule has 0 unspecified atom stereocenters. The minimum Gasteiger partial charge on any atom is -0.468 e. The Morgan fingerprint density at radius 3 is 2.44 bits per heavy atom. The number of carbonyl (C=O) groups is 4. The zero-order valence-electron chi connectivity index (χ0n) is 19.9. The van der Waals surface area contributed by atoms with Crippen LogP contribution in [0.25, 0.3) is 0 Å². The first-order chi connectivity index (χ1) is 17.3. The number of fused-ring (bicyclic) bond motifs is 2. The van der Waals surface area contributed by atoms with Gasteiger partial charge in [-0.25, -0.2) is 14.0 Å². The van der Waals surface area contributed by atoms with Gasteiger partial charge in [-0.3, -0.25) is 19.4 Å². The van der Waals surface area contributed by atoms with Gasteiger partial charge in [0.2, 0.25) is 5.91 Å². The van der Waals surface area contributed by atoms with Crippen LogP contribution in [-0.4, -0.2) is 78.3 Å². The Balaban J connectivity index is 1.24. The number of aryl methyl sites for hydroxylation is 1. The van der Waals surface area contributed by atoms with E-state index in [9.17, 15) is 23.6 Å². The Kier molecular flexibility index (Phi) is 6.21. The van der Waals surface area contributed by atoms with Crippen LogP contribution < -0.4 is 5.32 Å². The number of imide groups is 1. The second kappa shape index (κ2) is 9.34. The van der Waals surface area contributed by atoms with Crippen molar-refractivity contribution in [1.29, 1.82) is 0 Å². The summed E-state index contributed by atoms with van der Waals surface area (Å²) >= 11 is 0. The van der Waals surface area contributed by atoms with Crippen LogP contribution >= 0.6 is 0 Å². The maximum Gasteiger partial charge on any atom is 0.327 e. The summed E-state index contributed by atoms with van der Waals surface area (Å²) in [6.07, 6.45) is 1.15. The number of piperazine rings is 1. The highest BCUT2D eigenvalue weighted by molar-refractivity contribution is 6.09. The molecular formula is C26H27FN4O5. The summed E-state index contributed by atoms with van der Waals surface area (Å²) in [4.78, 5) is 56.1. The number of methoxy groups -OCH3 is 1. The van der Waals surface area contributed by atoms with Crippen molar-refractivity contribution in [2.75, 3.05) is 39.8 Å². The molecule has 5 rings (SSSR count). The molecule has 2 saturated heterocycles. The Hall–Kier alpha value is -3.79. The van der Waals surface area contributed by atoms with E-state index in [1.165, 1.54) is 19.2 Å². The maximum absolute atomic E-state index is 13.4. The largest absolute Gasteiger partial charge is 0.468 e. The molecule has 3 aliphatic rings. The molecule has 1 spiro atoms. The molecule has 9 nitrogen and oxygen atoms in total. The van der Waals surface area contributed by atoms with Crippen molar-refractivity contribution in [2.45, 2.75) is 24.4 Å². The zero-order chi connectivity index (χ0) is 25.4. The summed E-state index contributed by atoms with van der Waals surface area (Å²) in [5.74, 6) is -1.60. The minimum atomic E-state index is -1.10. The normalized spacial score (nSPS) is 22.5. The van der Waals surface area contributed by atoms with E-state index in [0.29, 0.717) is 44.6 Å². The second-order valence-electron chi connectivity index (χ2n) is 9.28. The molecule has 2 fully saturated rings. The number of hydrogen-bond donors (Lipinski definition) is 1. The lowest BCUT2D eigenvalue weighted by atomic mass is 9.92. The molecule has 188 valence electrons. The number of nitrogens with one attached hydrogen (secondary N) is 1. The van der Waals surface area contributed by atoms with Crippen molar-refractivity contribution < 1.29 is 28.3 Å². The molecule has 2 atom stereocenters. The fraction of sp³-hybridized carbons (Fsp3) is 0.385. The van der Waals surface area contributed by atoms with E-state index in [1.807, 2.05) is 29.2 Å². The third-order valence-corrected chi connectivity index (χ3v) is 7.36. The molecular weight excluding hydrogens is 467 g/mol. The third-order valence-electron chi connectivity index (χ3n) is 7.36. The number of ether oxygens (including phenoxy) is 1. The molecule has 1 N–H and O–H groups in total. The SMILES string of the molecule is COC(=O)[C@H](c1ccc(F)cc1)N1CCN(C(=O)CN2C(=O)N[C@]3(CCc4ccccc43)C2=O)CC1. The molecule has 0 bridgehead atoms. The third kappa shape index (κ3) is 4.01. The Bertz CT molecular complexity index is 1210. The summed E-state index contributed by atoms with van der Waals surface area (Å²) in [6.45, 7) is 1.03. The fourth-order valence-corrected chi connectivity index (χ4v) is 5.45. The predicted octanol–water partition coefficient (Wildman–Crippen LogP) is 1.58. The molecule has 2 aromatic carbocycles. The summed E-state index contributed by atoms with van der Waals surface area (Å²) in [5.41, 5.74) is 1.32. The van der Waals surface area contributed by atoms with E-state index < -0.39 is 35.3 Å². The Morgan fingerprint density at radius 1 is 1.06 bits per heavy atom. The Labute approximate surface area is 207 Å². The van der Waals surface area contributed by atoms with Gasteiger partial charge in [-0.05, 0) is 41.7 Å². The number of esters is 1. The van der Waals surface area contributed by atoms with Gasteiger partial charge in [0, 0.05) is 26.2 Å². The van der Waals surface area contributed by atoms with Crippen molar-refractivity contribution in [2.24, 2.45) is 0 Å². The second-order valence-corrected chi connectivity index (χ2v) is 9.28. The van der Waals surface area contributed by atoms with E-state index in [1.54, 1.807) is 17.0 Å². The number of hydrogen-bond acceptors (Lipinski definition) is 6. The van der Waals surface area contributed by atoms with Gasteiger partial charge in [0.1, 0.15) is 23.9 Å². The predicted molar refractivity (Wildman–Crippen MR) is 126 cm³/mol. The molecule has 4 amide bonds. The van der Waals surface area contributed by atoms with Crippen LogP contribution in [0.5, 0.6) is 0 Å². The number of urea groups is 1. The first-order valence-electron chi connectivity index (χ1n) is 11.9. The van der Waals surface area contributed by atoms with Crippen LogP contribution in [0.15, 0.2) is 48.5 Å². The van der Waals surface area contributed by atoms with Crippen molar-refractivity contribution in [3.05, 3.63) is 71.0 Å². The van der Waals surface area contributed by atoms with Gasteiger partial charge in [-0.15, -0.1) is 0 Å². The van der Waals surface area contributed by atoms with Gasteiger partial charge in [0.25, 0.3) is 5.91 Å². The molecule has 0 saturated carbocycles. The molecule has 2 aliphatic heterocycles. The van der Waals surface area contributed by atoms with Crippen LogP contribution in [-0.2, 0) is 31.1 Å². The van der Waals surface area contributed by atoms with Crippen LogP contribution in [0.2, 0.25) is 0 Å². The topological polar surface area (TPSA) is 99.3 Å². The molecule has 0 aromatic heterocycles. The smallest absolute Gasteiger partial charge is 0.327 e. The van der Waals surface area contributed by atoms with Gasteiger partial charge in [-0.2, -0.15) is 0 Å². The summed E-state index contributed by atoms with van der Waals surface area (Å²) in [5, 5.41) is 2.84. The average Bonchev–Trinajstić information content (AvgIpc) is 3.38. The number of halogens is 1. The maximum atomic E-state index is 13.4. The minimum absolute atomic E-state index is 0.311. The fourth-order valence-electron chi connectivity index (χ4n) is 5.45. The lowest BCUT2D eigenvalue weighted by molar-refractivity contribution is -0.149. The van der Waals surface area contributed by atoms with Crippen molar-refractivity contribution in [3.63, 3.8) is 0 Å². The van der Waals surface area contributed by atoms with Gasteiger partial charge in [-0.1, -0.05) is 36.4 Å². The van der Waals surface area contributed by atoms with E-state index >= 15 is 0 Å². The van der Waals surface area contributed by atoms with Crippen molar-refractivity contribution in [3.8, 4) is 0 Å². The van der Waals surface area contributed by atoms with Gasteiger partial charge >= 0.3 is 12.0 Å². The lowest BCUT2D eigenvalue weighted by Gasteiger charge is -2.38. The molecule has 10 heteroatoms. The van der Waals surface area contributed by atoms with Crippen LogP contribution in [0.1, 0.15) is 29.2 Å². The highest BCUT2D eigenvalue weighted by Gasteiger charge is 2.55. The number of nitrogens with zero attached hydrogens (tertiary/aromatic N) is 3. The van der Waals surface area contributed by atoms with Gasteiger partial charge in [0.05, 0.1) is 7.11 Å². The molecule has 2 aromatic rings. The quantitative estimate of drug-likeness (QED) is 0.501. The zero-order valence-corrected chi connectivity index (χ0v) is 19.9. The Morgan fingerprint density at radius 2 is 1.75 bits per heavy atom. The van der Waals surface area contributed by atoms with Gasteiger partial charge < -0.3 is 15.0 Å². The number of carbonyl (C=O) groups excluding carboxylic acids is 4. The molecule has 0 radical (unpaired) electrons. The monoisotopic (exact) mass is 494 g/mol. The number of amides is 4. The number of benzene rings is 2. The number of rotatable bonds is 5. The highest BCUT2D eigenvalue weighted by atomic mass is 19.1. The molecule has 2 heterocycles. The molecule has 36 heavy (non-hydrogen) atoms. The van der Waals surface area contributed by atoms with E-state index in [4.69, 9.17) is 4.74 Å². The van der Waals surface area contributed by atoms with Gasteiger partial charge in [0.15, 0.2) is 0 Å². The summed E-state index contributed by atoms with van der Waals surface area (Å²) in [7, 11) is 1.30. The van der Waals surface area contributed by atoms with E-state index in [2.05, 4.69) is 5.32 Å². The van der Waals surface area contributed by atoms with Crippen LogP contribution in [0, 0.1) is 5.82 Å². The molecule has 1 aliphatic carbocycles. The summed E-state index contributed by atoms with van der Waals surface area (Å²) < 4.78 is 18.3. The van der Waals surface area contributed by atoms with Crippen molar-refractivity contribution in [1.82, 2.24) is 20.0 Å². The van der Waals surface area contributed by atoms with E-state index in [0.717, 1.165) is 16.0 Å².